The van der Waals surface area contributed by atoms with Crippen molar-refractivity contribution >= 4 is 17.4 Å². The highest BCUT2D eigenvalue weighted by molar-refractivity contribution is 6.31. The second-order valence-corrected chi connectivity index (χ2v) is 6.13. The Bertz CT molecular complexity index is 516. The maximum atomic E-state index is 12.3. The number of rotatable bonds is 0. The van der Waals surface area contributed by atoms with Crippen molar-refractivity contribution in [1.82, 2.24) is 0 Å². The largest absolute Gasteiger partial charge is 0.486 e. The number of benzene rings is 1. The molecule has 2 unspecified atom stereocenters. The molecule has 19 heavy (non-hydrogen) atoms. The fourth-order valence-corrected chi connectivity index (χ4v) is 3.49. The lowest BCUT2D eigenvalue weighted by Gasteiger charge is -2.44. The predicted molar refractivity (Wildman–Crippen MR) is 73.0 cm³/mol. The second kappa shape index (κ2) is 4.50. The molecule has 0 amide bonds. The molecule has 0 aromatic heterocycles. The number of Topliss-reactive ketones (excluding diaryl/α,β-unsaturated/α-hetero) is 1. The zero-order chi connectivity index (χ0) is 13.6. The number of fused-ring (bicyclic) bond motifs is 1. The molecule has 1 fully saturated rings. The minimum Gasteiger partial charge on any atom is -0.486 e. The van der Waals surface area contributed by atoms with Gasteiger partial charge in [0.2, 0.25) is 0 Å². The fourth-order valence-electron chi connectivity index (χ4n) is 3.32. The van der Waals surface area contributed by atoms with E-state index in [9.17, 15) is 4.79 Å². The third-order valence-corrected chi connectivity index (χ3v) is 4.07. The summed E-state index contributed by atoms with van der Waals surface area (Å²) in [6.45, 7) is 4.06. The molecule has 0 saturated carbocycles. The first-order valence-corrected chi connectivity index (χ1v) is 7.02. The molecule has 102 valence electrons. The Morgan fingerprint density at radius 2 is 1.95 bits per heavy atom. The zero-order valence-corrected chi connectivity index (χ0v) is 11.9. The van der Waals surface area contributed by atoms with Gasteiger partial charge in [-0.15, -0.1) is 0 Å². The maximum Gasteiger partial charge on any atom is 0.170 e. The lowest BCUT2D eigenvalue weighted by molar-refractivity contribution is -0.120. The van der Waals surface area contributed by atoms with E-state index in [2.05, 4.69) is 0 Å². The van der Waals surface area contributed by atoms with Crippen LogP contribution in [-0.2, 0) is 4.74 Å². The van der Waals surface area contributed by atoms with Crippen molar-refractivity contribution in [3.63, 3.8) is 0 Å². The molecule has 2 aliphatic heterocycles. The first kappa shape index (κ1) is 12.9. The number of carbonyl (C=O) groups excluding carboxylic acids is 1. The summed E-state index contributed by atoms with van der Waals surface area (Å²) in [5.74, 6) is 0.770. The third-order valence-electron chi connectivity index (χ3n) is 3.83. The van der Waals surface area contributed by atoms with Crippen LogP contribution in [0.15, 0.2) is 18.2 Å². The lowest BCUT2D eigenvalue weighted by atomic mass is 9.80. The summed E-state index contributed by atoms with van der Waals surface area (Å²) in [6, 6.07) is 5.25. The van der Waals surface area contributed by atoms with E-state index < -0.39 is 5.60 Å². The fraction of sp³-hybridized carbons (Fsp3) is 0.533. The summed E-state index contributed by atoms with van der Waals surface area (Å²) in [4.78, 5) is 12.3. The molecule has 2 heterocycles. The van der Waals surface area contributed by atoms with Gasteiger partial charge >= 0.3 is 0 Å². The molecule has 2 atom stereocenters. The van der Waals surface area contributed by atoms with Gasteiger partial charge in [0.05, 0.1) is 24.2 Å². The quantitative estimate of drug-likeness (QED) is 0.728. The predicted octanol–water partition coefficient (Wildman–Crippen LogP) is 3.63. The van der Waals surface area contributed by atoms with Crippen LogP contribution in [-0.4, -0.2) is 23.6 Å². The van der Waals surface area contributed by atoms with Crippen LogP contribution in [0.4, 0.5) is 0 Å². The monoisotopic (exact) mass is 280 g/mol. The minimum atomic E-state index is -0.408. The Labute approximate surface area is 117 Å². The summed E-state index contributed by atoms with van der Waals surface area (Å²) in [5, 5.41) is 0.570. The highest BCUT2D eigenvalue weighted by atomic mass is 35.5. The molecule has 0 bridgehead atoms. The number of carbonyl (C=O) groups is 1. The van der Waals surface area contributed by atoms with Crippen LogP contribution in [0.3, 0.4) is 0 Å². The Hall–Kier alpha value is -1.06. The summed E-state index contributed by atoms with van der Waals surface area (Å²) in [5.41, 5.74) is 0.194. The Morgan fingerprint density at radius 3 is 2.63 bits per heavy atom. The van der Waals surface area contributed by atoms with Crippen molar-refractivity contribution < 1.29 is 14.3 Å². The van der Waals surface area contributed by atoms with Crippen molar-refractivity contribution in [2.24, 2.45) is 0 Å². The van der Waals surface area contributed by atoms with E-state index in [1.54, 1.807) is 18.2 Å². The van der Waals surface area contributed by atoms with E-state index in [1.807, 2.05) is 13.8 Å². The summed E-state index contributed by atoms with van der Waals surface area (Å²) < 4.78 is 11.9. The topological polar surface area (TPSA) is 35.5 Å². The molecule has 1 saturated heterocycles. The molecule has 0 N–H and O–H groups in total. The summed E-state index contributed by atoms with van der Waals surface area (Å²) >= 11 is 5.94. The molecule has 2 aliphatic rings. The first-order chi connectivity index (χ1) is 8.97. The molecule has 1 aromatic rings. The summed E-state index contributed by atoms with van der Waals surface area (Å²) in [7, 11) is 0. The maximum absolute atomic E-state index is 12.3. The Balaban J connectivity index is 1.96. The van der Waals surface area contributed by atoms with Crippen molar-refractivity contribution in [3.05, 3.63) is 28.8 Å². The van der Waals surface area contributed by atoms with Gasteiger partial charge in [-0.05, 0) is 32.0 Å². The van der Waals surface area contributed by atoms with Crippen LogP contribution in [0.25, 0.3) is 0 Å². The van der Waals surface area contributed by atoms with Gasteiger partial charge in [-0.1, -0.05) is 11.6 Å². The molecule has 1 spiro atoms. The first-order valence-electron chi connectivity index (χ1n) is 6.65. The standard InChI is InChI=1S/C15H17ClO3/c1-9-6-15(7-10(2)18-9)8-13(17)12-5-11(16)3-4-14(12)19-15/h3-5,9-10H,6-8H2,1-2H3. The molecular formula is C15H17ClO3. The van der Waals surface area contributed by atoms with Gasteiger partial charge in [0.25, 0.3) is 0 Å². The van der Waals surface area contributed by atoms with Crippen molar-refractivity contribution in [3.8, 4) is 5.75 Å². The molecule has 0 radical (unpaired) electrons. The van der Waals surface area contributed by atoms with E-state index >= 15 is 0 Å². The minimum absolute atomic E-state index is 0.116. The number of ether oxygens (including phenoxy) is 2. The average molecular weight is 281 g/mol. The van der Waals surface area contributed by atoms with Crippen molar-refractivity contribution in [2.45, 2.75) is 50.9 Å². The Morgan fingerprint density at radius 1 is 1.26 bits per heavy atom. The number of halogens is 1. The lowest BCUT2D eigenvalue weighted by Crippen LogP contribution is -2.50. The van der Waals surface area contributed by atoms with E-state index in [-0.39, 0.29) is 18.0 Å². The SMILES string of the molecule is CC1CC2(CC(=O)c3cc(Cl)ccc3O2)CC(C)O1. The summed E-state index contributed by atoms with van der Waals surface area (Å²) in [6.07, 6.45) is 2.16. The smallest absolute Gasteiger partial charge is 0.170 e. The second-order valence-electron chi connectivity index (χ2n) is 5.69. The highest BCUT2D eigenvalue weighted by Crippen LogP contribution is 2.42. The van der Waals surface area contributed by atoms with Crippen molar-refractivity contribution in [2.75, 3.05) is 0 Å². The molecule has 3 rings (SSSR count). The van der Waals surface area contributed by atoms with Gasteiger partial charge in [-0.2, -0.15) is 0 Å². The van der Waals surface area contributed by atoms with Gasteiger partial charge in [0, 0.05) is 17.9 Å². The Kier molecular flexibility index (Phi) is 3.06. The molecule has 3 nitrogen and oxygen atoms in total. The number of hydrogen-bond donors (Lipinski definition) is 0. The number of ketones is 1. The van der Waals surface area contributed by atoms with E-state index in [0.29, 0.717) is 22.8 Å². The van der Waals surface area contributed by atoms with E-state index in [0.717, 1.165) is 12.8 Å². The van der Waals surface area contributed by atoms with E-state index in [1.165, 1.54) is 0 Å². The van der Waals surface area contributed by atoms with Gasteiger partial charge in [-0.25, -0.2) is 0 Å². The third kappa shape index (κ3) is 2.37. The van der Waals surface area contributed by atoms with Crippen LogP contribution in [0.1, 0.15) is 43.5 Å². The van der Waals surface area contributed by atoms with Gasteiger partial charge in [0.15, 0.2) is 5.78 Å². The van der Waals surface area contributed by atoms with Crippen LogP contribution in [0, 0.1) is 0 Å². The molecule has 1 aromatic carbocycles. The van der Waals surface area contributed by atoms with Gasteiger partial charge < -0.3 is 9.47 Å². The molecular weight excluding hydrogens is 264 g/mol. The van der Waals surface area contributed by atoms with Crippen LogP contribution in [0.2, 0.25) is 5.02 Å². The zero-order valence-electron chi connectivity index (χ0n) is 11.1. The normalized spacial score (nSPS) is 33.9. The molecule has 4 heteroatoms. The van der Waals surface area contributed by atoms with Gasteiger partial charge in [-0.3, -0.25) is 4.79 Å². The number of hydrogen-bond acceptors (Lipinski definition) is 3. The molecule has 0 aliphatic carbocycles. The van der Waals surface area contributed by atoms with E-state index in [4.69, 9.17) is 21.1 Å². The highest BCUT2D eigenvalue weighted by Gasteiger charge is 2.45. The van der Waals surface area contributed by atoms with Crippen LogP contribution < -0.4 is 4.74 Å². The van der Waals surface area contributed by atoms with Crippen LogP contribution in [0.5, 0.6) is 5.75 Å². The van der Waals surface area contributed by atoms with Crippen LogP contribution >= 0.6 is 11.6 Å². The van der Waals surface area contributed by atoms with Crippen molar-refractivity contribution in [1.29, 1.82) is 0 Å². The average Bonchev–Trinajstić information content (AvgIpc) is 2.28. The van der Waals surface area contributed by atoms with Gasteiger partial charge in [0.1, 0.15) is 11.4 Å².